The first-order chi connectivity index (χ1) is 12.4. The van der Waals surface area contributed by atoms with Gasteiger partial charge in [-0.15, -0.1) is 11.3 Å². The van der Waals surface area contributed by atoms with E-state index in [0.29, 0.717) is 32.8 Å². The van der Waals surface area contributed by atoms with E-state index in [4.69, 9.17) is 32.7 Å². The van der Waals surface area contributed by atoms with Crippen molar-refractivity contribution in [2.75, 3.05) is 18.5 Å². The highest BCUT2D eigenvalue weighted by atomic mass is 35.5. The molecule has 140 valence electrons. The average Bonchev–Trinajstić information content (AvgIpc) is 2.90. The molecule has 2 rings (SSSR count). The van der Waals surface area contributed by atoms with E-state index < -0.39 is 11.9 Å². The lowest BCUT2D eigenvalue weighted by atomic mass is 10.1. The molecule has 2 aromatic rings. The number of esters is 1. The van der Waals surface area contributed by atoms with Crippen LogP contribution < -0.4 is 10.1 Å². The van der Waals surface area contributed by atoms with Gasteiger partial charge in [0.05, 0.1) is 17.2 Å². The largest absolute Gasteiger partial charge is 0.482 e. The van der Waals surface area contributed by atoms with Crippen LogP contribution >= 0.6 is 34.5 Å². The van der Waals surface area contributed by atoms with Gasteiger partial charge < -0.3 is 14.8 Å². The minimum absolute atomic E-state index is 0.263. The quantitative estimate of drug-likeness (QED) is 0.637. The van der Waals surface area contributed by atoms with Gasteiger partial charge in [-0.05, 0) is 38.0 Å². The second-order valence-corrected chi connectivity index (χ2v) is 7.39. The summed E-state index contributed by atoms with van der Waals surface area (Å²) in [6, 6.07) is 4.75. The Morgan fingerprint density at radius 3 is 2.62 bits per heavy atom. The topological polar surface area (TPSA) is 64.6 Å². The van der Waals surface area contributed by atoms with Crippen molar-refractivity contribution in [3.8, 4) is 5.75 Å². The summed E-state index contributed by atoms with van der Waals surface area (Å²) < 4.78 is 10.5. The predicted molar refractivity (Wildman–Crippen MR) is 105 cm³/mol. The highest BCUT2D eigenvalue weighted by Gasteiger charge is 2.23. The normalized spacial score (nSPS) is 10.5. The summed E-state index contributed by atoms with van der Waals surface area (Å²) in [5.41, 5.74) is 1.29. The summed E-state index contributed by atoms with van der Waals surface area (Å²) in [5.74, 6) is -0.533. The Morgan fingerprint density at radius 2 is 1.96 bits per heavy atom. The molecule has 0 atom stereocenters. The van der Waals surface area contributed by atoms with Gasteiger partial charge in [0.25, 0.3) is 5.91 Å². The second-order valence-electron chi connectivity index (χ2n) is 5.33. The molecule has 1 N–H and O–H groups in total. The maximum atomic E-state index is 12.3. The van der Waals surface area contributed by atoms with E-state index in [1.807, 2.05) is 13.8 Å². The standard InChI is InChI=1S/C18H19Cl2NO4S/c1-4-12-10(3)26-17(16(12)18(23)24-5-2)21-15(22)9-25-14-8-11(19)6-7-13(14)20/h6-8H,4-5,9H2,1-3H3,(H,21,22). The monoisotopic (exact) mass is 415 g/mol. The van der Waals surface area contributed by atoms with Gasteiger partial charge in [0.2, 0.25) is 0 Å². The van der Waals surface area contributed by atoms with Gasteiger partial charge in [0.1, 0.15) is 10.8 Å². The number of rotatable bonds is 7. The number of hydrogen-bond acceptors (Lipinski definition) is 5. The van der Waals surface area contributed by atoms with Gasteiger partial charge in [-0.25, -0.2) is 4.79 Å². The van der Waals surface area contributed by atoms with E-state index in [9.17, 15) is 9.59 Å². The fourth-order valence-corrected chi connectivity index (χ4v) is 3.89. The third kappa shape index (κ3) is 4.90. The van der Waals surface area contributed by atoms with Crippen LogP contribution in [0.4, 0.5) is 5.00 Å². The lowest BCUT2D eigenvalue weighted by Gasteiger charge is -2.10. The molecule has 1 aromatic carbocycles. The molecule has 1 aromatic heterocycles. The lowest BCUT2D eigenvalue weighted by molar-refractivity contribution is -0.118. The second kappa shape index (κ2) is 9.26. The summed E-state index contributed by atoms with van der Waals surface area (Å²) in [6.07, 6.45) is 0.668. The Hall–Kier alpha value is -1.76. The molecular weight excluding hydrogens is 397 g/mol. The van der Waals surface area contributed by atoms with E-state index in [1.165, 1.54) is 17.4 Å². The molecule has 0 bridgehead atoms. The molecule has 1 amide bonds. The molecule has 0 aliphatic heterocycles. The zero-order valence-electron chi connectivity index (χ0n) is 14.7. The number of ether oxygens (including phenoxy) is 2. The first-order valence-electron chi connectivity index (χ1n) is 8.04. The smallest absolute Gasteiger partial charge is 0.341 e. The van der Waals surface area contributed by atoms with E-state index in [2.05, 4.69) is 5.32 Å². The SMILES string of the molecule is CCOC(=O)c1c(NC(=O)COc2cc(Cl)ccc2Cl)sc(C)c1CC. The predicted octanol–water partition coefficient (Wildman–Crippen LogP) is 5.12. The number of anilines is 1. The number of aryl methyl sites for hydroxylation is 1. The van der Waals surface area contributed by atoms with Crippen molar-refractivity contribution in [1.82, 2.24) is 0 Å². The van der Waals surface area contributed by atoms with E-state index in [0.717, 1.165) is 10.4 Å². The fraction of sp³-hybridized carbons (Fsp3) is 0.333. The van der Waals surface area contributed by atoms with Crippen LogP contribution in [0.15, 0.2) is 18.2 Å². The van der Waals surface area contributed by atoms with Crippen LogP contribution in [-0.2, 0) is 16.0 Å². The molecule has 0 spiro atoms. The summed E-state index contributed by atoms with van der Waals surface area (Å²) in [4.78, 5) is 25.5. The van der Waals surface area contributed by atoms with Gasteiger partial charge in [-0.1, -0.05) is 30.1 Å². The summed E-state index contributed by atoms with van der Waals surface area (Å²) in [5, 5.41) is 4.00. The Balaban J connectivity index is 2.13. The maximum Gasteiger partial charge on any atom is 0.341 e. The van der Waals surface area contributed by atoms with E-state index in [1.54, 1.807) is 19.1 Å². The first-order valence-corrected chi connectivity index (χ1v) is 9.61. The van der Waals surface area contributed by atoms with Gasteiger partial charge in [-0.3, -0.25) is 4.79 Å². The number of benzene rings is 1. The van der Waals surface area contributed by atoms with Crippen molar-refractivity contribution in [2.24, 2.45) is 0 Å². The number of thiophene rings is 1. The number of carbonyl (C=O) groups is 2. The number of halogens is 2. The number of carbonyl (C=O) groups excluding carboxylic acids is 2. The minimum atomic E-state index is -0.442. The molecule has 0 fully saturated rings. The third-order valence-electron chi connectivity index (χ3n) is 3.55. The molecule has 1 heterocycles. The number of nitrogens with one attached hydrogen (secondary N) is 1. The molecule has 0 aliphatic rings. The van der Waals surface area contributed by atoms with Crippen LogP contribution in [0.25, 0.3) is 0 Å². The van der Waals surface area contributed by atoms with Crippen LogP contribution in [0.2, 0.25) is 10.0 Å². The Labute approximate surface area is 166 Å². The fourth-order valence-electron chi connectivity index (χ4n) is 2.41. The molecule has 8 heteroatoms. The summed E-state index contributed by atoms with van der Waals surface area (Å²) in [7, 11) is 0. The molecule has 0 aliphatic carbocycles. The van der Waals surface area contributed by atoms with Crippen LogP contribution in [0.5, 0.6) is 5.75 Å². The zero-order chi connectivity index (χ0) is 19.3. The molecule has 26 heavy (non-hydrogen) atoms. The number of amides is 1. The highest BCUT2D eigenvalue weighted by molar-refractivity contribution is 7.16. The molecule has 0 unspecified atom stereocenters. The lowest BCUT2D eigenvalue weighted by Crippen LogP contribution is -2.21. The molecular formula is C18H19Cl2NO4S. The van der Waals surface area contributed by atoms with Crippen LogP contribution in [0, 0.1) is 6.92 Å². The zero-order valence-corrected chi connectivity index (χ0v) is 17.0. The van der Waals surface area contributed by atoms with Crippen molar-refractivity contribution in [2.45, 2.75) is 27.2 Å². The van der Waals surface area contributed by atoms with Crippen LogP contribution in [0.1, 0.15) is 34.6 Å². The van der Waals surface area contributed by atoms with Crippen molar-refractivity contribution in [3.05, 3.63) is 44.2 Å². The molecule has 0 saturated carbocycles. The van der Waals surface area contributed by atoms with Crippen molar-refractivity contribution in [1.29, 1.82) is 0 Å². The number of hydrogen-bond donors (Lipinski definition) is 1. The Bertz CT molecular complexity index is 820. The third-order valence-corrected chi connectivity index (χ3v) is 5.16. The van der Waals surface area contributed by atoms with Crippen LogP contribution in [-0.4, -0.2) is 25.1 Å². The Kier molecular flexibility index (Phi) is 7.32. The van der Waals surface area contributed by atoms with Gasteiger partial charge >= 0.3 is 5.97 Å². The van der Waals surface area contributed by atoms with Gasteiger partial charge in [0.15, 0.2) is 6.61 Å². The molecule has 0 saturated heterocycles. The van der Waals surface area contributed by atoms with Crippen molar-refractivity contribution in [3.63, 3.8) is 0 Å². The minimum Gasteiger partial charge on any atom is -0.482 e. The summed E-state index contributed by atoms with van der Waals surface area (Å²) in [6.45, 7) is 5.60. The van der Waals surface area contributed by atoms with Crippen molar-refractivity contribution >= 4 is 51.4 Å². The van der Waals surface area contributed by atoms with Gasteiger partial charge in [-0.2, -0.15) is 0 Å². The average molecular weight is 416 g/mol. The maximum absolute atomic E-state index is 12.3. The van der Waals surface area contributed by atoms with Crippen molar-refractivity contribution < 1.29 is 19.1 Å². The van der Waals surface area contributed by atoms with Gasteiger partial charge in [0, 0.05) is 16.0 Å². The van der Waals surface area contributed by atoms with Crippen LogP contribution in [0.3, 0.4) is 0 Å². The van der Waals surface area contributed by atoms with E-state index >= 15 is 0 Å². The molecule has 0 radical (unpaired) electrons. The Morgan fingerprint density at radius 1 is 1.23 bits per heavy atom. The summed E-state index contributed by atoms with van der Waals surface area (Å²) >= 11 is 13.2. The highest BCUT2D eigenvalue weighted by Crippen LogP contribution is 2.34. The molecule has 5 nitrogen and oxygen atoms in total. The first kappa shape index (κ1) is 20.6. The van der Waals surface area contributed by atoms with E-state index in [-0.39, 0.29) is 13.2 Å².